The quantitative estimate of drug-likeness (QED) is 0.646. The molecule has 0 heterocycles. The van der Waals surface area contributed by atoms with Crippen LogP contribution in [0.1, 0.15) is 0 Å². The Kier molecular flexibility index (Phi) is 3.93. The molecule has 58 valence electrons. The summed E-state index contributed by atoms with van der Waals surface area (Å²) in [5, 5.41) is 1.13. The van der Waals surface area contributed by atoms with E-state index in [2.05, 4.69) is 0 Å². The molecule has 1 unspecified atom stereocenters. The average molecular weight is 205 g/mol. The van der Waals surface area contributed by atoms with E-state index in [0.717, 1.165) is 5.30 Å². The summed E-state index contributed by atoms with van der Waals surface area (Å²) in [6.07, 6.45) is 0. The van der Waals surface area contributed by atoms with Crippen molar-refractivity contribution in [1.82, 2.24) is 0 Å². The molecule has 0 spiro atoms. The smallest absolute Gasteiger partial charge is 0.0458 e. The summed E-state index contributed by atoms with van der Waals surface area (Å²) in [5.74, 6) is 1.80. The molecule has 1 aromatic carbocycles. The Morgan fingerprint density at radius 2 is 1.82 bits per heavy atom. The van der Waals surface area contributed by atoms with Crippen LogP contribution in [0.4, 0.5) is 0 Å². The Hall–Kier alpha value is -0.0300. The van der Waals surface area contributed by atoms with E-state index in [4.69, 9.17) is 22.8 Å². The zero-order valence-electron chi connectivity index (χ0n) is 5.74. The highest BCUT2D eigenvalue weighted by Crippen LogP contribution is 2.41. The van der Waals surface area contributed by atoms with Crippen LogP contribution >= 0.6 is 30.1 Å². The van der Waals surface area contributed by atoms with Gasteiger partial charge in [0.05, 0.1) is 0 Å². The molecule has 0 aliphatic rings. The summed E-state index contributed by atoms with van der Waals surface area (Å²) in [5.41, 5.74) is 1.46. The molecule has 1 atom stereocenters. The van der Waals surface area contributed by atoms with E-state index >= 15 is 0 Å². The van der Waals surface area contributed by atoms with Crippen molar-refractivity contribution in [2.45, 2.75) is 0 Å². The second-order valence-electron chi connectivity index (χ2n) is 1.92. The fraction of sp³-hybridized carbons (Fsp3) is 0. The average Bonchev–Trinajstić information content (AvgIpc) is 2.07. The standard InChI is InChI=1S/C8H7Cl2P/c9-6-7-11(10)8-4-2-1-3-5-8/h1-7H/b7-6-. The molecule has 0 N–H and O–H groups in total. The summed E-state index contributed by atoms with van der Waals surface area (Å²) >= 11 is 11.4. The molecule has 0 nitrogen and oxygen atoms in total. The minimum atomic E-state index is -0.716. The van der Waals surface area contributed by atoms with E-state index in [9.17, 15) is 0 Å². The SMILES string of the molecule is Cl/C=C\P(Cl)c1ccccc1. The number of rotatable bonds is 2. The molecule has 0 saturated heterocycles. The fourth-order valence-corrected chi connectivity index (χ4v) is 2.45. The van der Waals surface area contributed by atoms with Gasteiger partial charge in [0.15, 0.2) is 0 Å². The lowest BCUT2D eigenvalue weighted by Crippen LogP contribution is -1.92. The lowest BCUT2D eigenvalue weighted by Gasteiger charge is -2.01. The van der Waals surface area contributed by atoms with Gasteiger partial charge in [0.1, 0.15) is 0 Å². The van der Waals surface area contributed by atoms with Crippen LogP contribution in [0.25, 0.3) is 0 Å². The van der Waals surface area contributed by atoms with Gasteiger partial charge in [0.2, 0.25) is 0 Å². The number of hydrogen-bond acceptors (Lipinski definition) is 0. The second-order valence-corrected chi connectivity index (χ2v) is 4.70. The van der Waals surface area contributed by atoms with Gasteiger partial charge in [-0.25, -0.2) is 0 Å². The first-order chi connectivity index (χ1) is 5.34. The van der Waals surface area contributed by atoms with Crippen LogP contribution in [0.15, 0.2) is 41.7 Å². The maximum absolute atomic E-state index is 6.00. The van der Waals surface area contributed by atoms with E-state index < -0.39 is 7.27 Å². The Morgan fingerprint density at radius 1 is 1.18 bits per heavy atom. The highest BCUT2D eigenvalue weighted by atomic mass is 35.7. The number of halogens is 2. The first-order valence-electron chi connectivity index (χ1n) is 3.11. The third-order valence-corrected chi connectivity index (χ3v) is 3.62. The molecular weight excluding hydrogens is 198 g/mol. The molecule has 0 aromatic heterocycles. The number of hydrogen-bond donors (Lipinski definition) is 0. The predicted molar refractivity (Wildman–Crippen MR) is 53.8 cm³/mol. The Morgan fingerprint density at radius 3 is 2.36 bits per heavy atom. The van der Waals surface area contributed by atoms with Crippen LogP contribution in [0.2, 0.25) is 0 Å². The predicted octanol–water partition coefficient (Wildman–Crippen LogP) is 3.66. The molecule has 0 amide bonds. The molecular formula is C8H7Cl2P. The maximum atomic E-state index is 6.00. The van der Waals surface area contributed by atoms with Gasteiger partial charge in [0, 0.05) is 12.8 Å². The van der Waals surface area contributed by atoms with Gasteiger partial charge in [-0.15, -0.1) is 0 Å². The van der Waals surface area contributed by atoms with Crippen LogP contribution in [-0.2, 0) is 0 Å². The van der Waals surface area contributed by atoms with Crippen LogP contribution in [-0.4, -0.2) is 0 Å². The molecule has 0 aliphatic carbocycles. The van der Waals surface area contributed by atoms with Gasteiger partial charge in [-0.3, -0.25) is 0 Å². The first kappa shape index (κ1) is 9.06. The largest absolute Gasteiger partial charge is 0.0929 e. The van der Waals surface area contributed by atoms with Crippen molar-refractivity contribution in [3.05, 3.63) is 41.7 Å². The van der Waals surface area contributed by atoms with Crippen LogP contribution in [0.5, 0.6) is 0 Å². The molecule has 11 heavy (non-hydrogen) atoms. The zero-order valence-corrected chi connectivity index (χ0v) is 8.15. The van der Waals surface area contributed by atoms with Gasteiger partial charge in [-0.2, -0.15) is 0 Å². The highest BCUT2D eigenvalue weighted by molar-refractivity contribution is 7.92. The molecule has 0 fully saturated rings. The minimum absolute atomic E-state index is 0.716. The van der Waals surface area contributed by atoms with Crippen LogP contribution in [0, 0.1) is 0 Å². The summed E-state index contributed by atoms with van der Waals surface area (Å²) < 4.78 is 0. The molecule has 3 heteroatoms. The maximum Gasteiger partial charge on any atom is 0.0458 e. The monoisotopic (exact) mass is 204 g/mol. The zero-order chi connectivity index (χ0) is 8.10. The van der Waals surface area contributed by atoms with Crippen LogP contribution in [0.3, 0.4) is 0 Å². The lowest BCUT2D eigenvalue weighted by atomic mass is 10.4. The van der Waals surface area contributed by atoms with E-state index in [1.165, 1.54) is 5.54 Å². The van der Waals surface area contributed by atoms with E-state index in [0.29, 0.717) is 0 Å². The molecule has 0 radical (unpaired) electrons. The van der Waals surface area contributed by atoms with E-state index in [1.807, 2.05) is 30.3 Å². The molecule has 1 rings (SSSR count). The highest BCUT2D eigenvalue weighted by Gasteiger charge is 2.00. The fourth-order valence-electron chi connectivity index (χ4n) is 0.706. The Labute approximate surface area is 77.4 Å². The third kappa shape index (κ3) is 2.83. The van der Waals surface area contributed by atoms with Gasteiger partial charge in [-0.05, 0) is 11.1 Å². The summed E-state index contributed by atoms with van der Waals surface area (Å²) in [7, 11) is -0.716. The van der Waals surface area contributed by atoms with Crippen molar-refractivity contribution >= 4 is 35.4 Å². The molecule has 0 saturated carbocycles. The summed E-state index contributed by atoms with van der Waals surface area (Å²) in [4.78, 5) is 0. The Bertz CT molecular complexity index is 233. The topological polar surface area (TPSA) is 0 Å². The van der Waals surface area contributed by atoms with Crippen molar-refractivity contribution in [3.8, 4) is 0 Å². The van der Waals surface area contributed by atoms with Crippen molar-refractivity contribution in [2.75, 3.05) is 0 Å². The number of benzene rings is 1. The van der Waals surface area contributed by atoms with Gasteiger partial charge >= 0.3 is 0 Å². The molecule has 0 aliphatic heterocycles. The summed E-state index contributed by atoms with van der Waals surface area (Å²) in [6, 6.07) is 9.89. The van der Waals surface area contributed by atoms with Crippen LogP contribution < -0.4 is 5.30 Å². The van der Waals surface area contributed by atoms with Crippen molar-refractivity contribution in [1.29, 1.82) is 0 Å². The summed E-state index contributed by atoms with van der Waals surface area (Å²) in [6.45, 7) is 0. The third-order valence-electron chi connectivity index (χ3n) is 1.19. The van der Waals surface area contributed by atoms with Gasteiger partial charge < -0.3 is 0 Å². The lowest BCUT2D eigenvalue weighted by molar-refractivity contribution is 1.78. The second kappa shape index (κ2) is 4.77. The minimum Gasteiger partial charge on any atom is -0.0929 e. The molecule has 1 aromatic rings. The Balaban J connectivity index is 2.76. The van der Waals surface area contributed by atoms with Gasteiger partial charge in [0.25, 0.3) is 0 Å². The molecule has 0 bridgehead atoms. The normalized spacial score (nSPS) is 13.6. The van der Waals surface area contributed by atoms with Gasteiger partial charge in [-0.1, -0.05) is 53.2 Å². The first-order valence-corrected chi connectivity index (χ1v) is 5.87. The van der Waals surface area contributed by atoms with E-state index in [-0.39, 0.29) is 0 Å². The van der Waals surface area contributed by atoms with E-state index in [1.54, 1.807) is 5.82 Å². The van der Waals surface area contributed by atoms with Crippen molar-refractivity contribution < 1.29 is 0 Å². The van der Waals surface area contributed by atoms with Crippen molar-refractivity contribution in [2.24, 2.45) is 0 Å². The van der Waals surface area contributed by atoms with Crippen molar-refractivity contribution in [3.63, 3.8) is 0 Å².